The van der Waals surface area contributed by atoms with Crippen molar-refractivity contribution < 1.29 is 9.18 Å². The highest BCUT2D eigenvalue weighted by atomic mass is 35.5. The SMILES string of the molecule is Cl.NC1CCN(C(=O)Cc2cccc(F)c2)C1. The minimum atomic E-state index is -0.302. The van der Waals surface area contributed by atoms with E-state index in [0.717, 1.165) is 13.0 Å². The number of halogens is 2. The molecule has 1 fully saturated rings. The quantitative estimate of drug-likeness (QED) is 0.871. The van der Waals surface area contributed by atoms with Crippen LogP contribution in [0.3, 0.4) is 0 Å². The van der Waals surface area contributed by atoms with E-state index in [0.29, 0.717) is 12.1 Å². The molecule has 1 aromatic rings. The highest BCUT2D eigenvalue weighted by molar-refractivity contribution is 5.85. The van der Waals surface area contributed by atoms with E-state index < -0.39 is 0 Å². The number of amides is 1. The summed E-state index contributed by atoms with van der Waals surface area (Å²) in [6.45, 7) is 1.34. The van der Waals surface area contributed by atoms with Crippen LogP contribution in [0.5, 0.6) is 0 Å². The van der Waals surface area contributed by atoms with Gasteiger partial charge in [-0.1, -0.05) is 12.1 Å². The summed E-state index contributed by atoms with van der Waals surface area (Å²) < 4.78 is 12.9. The van der Waals surface area contributed by atoms with Gasteiger partial charge in [0, 0.05) is 19.1 Å². The van der Waals surface area contributed by atoms with Crippen molar-refractivity contribution in [1.82, 2.24) is 4.90 Å². The molecule has 94 valence electrons. The zero-order valence-corrected chi connectivity index (χ0v) is 10.3. The van der Waals surface area contributed by atoms with Crippen molar-refractivity contribution in [3.8, 4) is 0 Å². The minimum absolute atomic E-state index is 0. The summed E-state index contributed by atoms with van der Waals surface area (Å²) in [6, 6.07) is 6.25. The van der Waals surface area contributed by atoms with Gasteiger partial charge in [0.1, 0.15) is 5.82 Å². The van der Waals surface area contributed by atoms with E-state index in [1.807, 2.05) is 0 Å². The van der Waals surface area contributed by atoms with Crippen LogP contribution in [0, 0.1) is 5.82 Å². The maximum atomic E-state index is 12.9. The third kappa shape index (κ3) is 3.68. The average Bonchev–Trinajstić information content (AvgIpc) is 2.65. The van der Waals surface area contributed by atoms with Crippen LogP contribution >= 0.6 is 12.4 Å². The number of benzene rings is 1. The molecular weight excluding hydrogens is 243 g/mol. The predicted octanol–water partition coefficient (Wildman–Crippen LogP) is 1.35. The zero-order chi connectivity index (χ0) is 11.5. The molecule has 0 radical (unpaired) electrons. The van der Waals surface area contributed by atoms with Gasteiger partial charge in [0.15, 0.2) is 0 Å². The van der Waals surface area contributed by atoms with Crippen molar-refractivity contribution in [1.29, 1.82) is 0 Å². The van der Waals surface area contributed by atoms with Gasteiger partial charge in [-0.15, -0.1) is 12.4 Å². The minimum Gasteiger partial charge on any atom is -0.341 e. The first kappa shape index (κ1) is 13.9. The highest BCUT2D eigenvalue weighted by Gasteiger charge is 2.23. The first-order valence-electron chi connectivity index (χ1n) is 5.43. The first-order chi connectivity index (χ1) is 7.65. The molecule has 2 rings (SSSR count). The molecule has 1 heterocycles. The van der Waals surface area contributed by atoms with Gasteiger partial charge < -0.3 is 10.6 Å². The molecule has 1 unspecified atom stereocenters. The monoisotopic (exact) mass is 258 g/mol. The fourth-order valence-electron chi connectivity index (χ4n) is 1.95. The molecule has 1 aromatic carbocycles. The zero-order valence-electron chi connectivity index (χ0n) is 9.43. The van der Waals surface area contributed by atoms with Crippen molar-refractivity contribution >= 4 is 18.3 Å². The Morgan fingerprint density at radius 1 is 1.53 bits per heavy atom. The fraction of sp³-hybridized carbons (Fsp3) is 0.417. The van der Waals surface area contributed by atoms with Crippen LogP contribution in [0.15, 0.2) is 24.3 Å². The largest absolute Gasteiger partial charge is 0.341 e. The van der Waals surface area contributed by atoms with Gasteiger partial charge in [0.25, 0.3) is 0 Å². The van der Waals surface area contributed by atoms with Crippen molar-refractivity contribution in [2.45, 2.75) is 18.9 Å². The van der Waals surface area contributed by atoms with Crippen LogP contribution in [-0.4, -0.2) is 29.9 Å². The topological polar surface area (TPSA) is 46.3 Å². The molecule has 17 heavy (non-hydrogen) atoms. The second-order valence-electron chi connectivity index (χ2n) is 4.20. The molecule has 0 spiro atoms. The van der Waals surface area contributed by atoms with Gasteiger partial charge in [-0.05, 0) is 24.1 Å². The lowest BCUT2D eigenvalue weighted by molar-refractivity contribution is -0.129. The molecule has 0 bridgehead atoms. The van der Waals surface area contributed by atoms with Crippen molar-refractivity contribution in [2.75, 3.05) is 13.1 Å². The maximum absolute atomic E-state index is 12.9. The van der Waals surface area contributed by atoms with Crippen LogP contribution < -0.4 is 5.73 Å². The molecule has 1 aliphatic heterocycles. The Kier molecular flexibility index (Phi) is 4.90. The lowest BCUT2D eigenvalue weighted by Crippen LogP contribution is -2.32. The fourth-order valence-corrected chi connectivity index (χ4v) is 1.95. The van der Waals surface area contributed by atoms with E-state index in [4.69, 9.17) is 5.73 Å². The molecule has 0 aromatic heterocycles. The Morgan fingerprint density at radius 3 is 2.88 bits per heavy atom. The highest BCUT2D eigenvalue weighted by Crippen LogP contribution is 2.11. The standard InChI is InChI=1S/C12H15FN2O.ClH/c13-10-3-1-2-9(6-10)7-12(16)15-5-4-11(14)8-15;/h1-3,6,11H,4-5,7-8,14H2;1H. The average molecular weight is 259 g/mol. The maximum Gasteiger partial charge on any atom is 0.227 e. The lowest BCUT2D eigenvalue weighted by Gasteiger charge is -2.15. The Morgan fingerprint density at radius 2 is 2.29 bits per heavy atom. The Labute approximate surface area is 106 Å². The molecule has 1 aliphatic rings. The number of likely N-dealkylation sites (tertiary alicyclic amines) is 1. The van der Waals surface area contributed by atoms with Gasteiger partial charge in [-0.25, -0.2) is 4.39 Å². The first-order valence-corrected chi connectivity index (χ1v) is 5.43. The van der Waals surface area contributed by atoms with Crippen LogP contribution in [0.2, 0.25) is 0 Å². The van der Waals surface area contributed by atoms with Gasteiger partial charge in [0.2, 0.25) is 5.91 Å². The van der Waals surface area contributed by atoms with E-state index in [1.165, 1.54) is 12.1 Å². The van der Waals surface area contributed by atoms with Gasteiger partial charge in [0.05, 0.1) is 6.42 Å². The summed E-state index contributed by atoms with van der Waals surface area (Å²) in [5.74, 6) is -0.276. The van der Waals surface area contributed by atoms with E-state index >= 15 is 0 Å². The normalized spacial score (nSPS) is 18.9. The molecule has 3 nitrogen and oxygen atoms in total. The lowest BCUT2D eigenvalue weighted by atomic mass is 10.1. The molecular formula is C12H16ClFN2O. The van der Waals surface area contributed by atoms with Crippen molar-refractivity contribution in [2.24, 2.45) is 5.73 Å². The Hall–Kier alpha value is -1.13. The van der Waals surface area contributed by atoms with Crippen LogP contribution in [0.25, 0.3) is 0 Å². The number of hydrogen-bond acceptors (Lipinski definition) is 2. The van der Waals surface area contributed by atoms with Crippen molar-refractivity contribution in [3.05, 3.63) is 35.6 Å². The predicted molar refractivity (Wildman–Crippen MR) is 66.5 cm³/mol. The van der Waals surface area contributed by atoms with Crippen LogP contribution in [0.4, 0.5) is 4.39 Å². The second kappa shape index (κ2) is 5.98. The molecule has 0 aliphatic carbocycles. The number of nitrogens with two attached hydrogens (primary N) is 1. The Bertz CT molecular complexity index is 400. The van der Waals surface area contributed by atoms with Crippen LogP contribution in [-0.2, 0) is 11.2 Å². The number of carbonyl (C=O) groups is 1. The molecule has 2 N–H and O–H groups in total. The van der Waals surface area contributed by atoms with Gasteiger partial charge >= 0.3 is 0 Å². The smallest absolute Gasteiger partial charge is 0.227 e. The van der Waals surface area contributed by atoms with Crippen molar-refractivity contribution in [3.63, 3.8) is 0 Å². The summed E-state index contributed by atoms with van der Waals surface area (Å²) in [7, 11) is 0. The summed E-state index contributed by atoms with van der Waals surface area (Å²) in [5.41, 5.74) is 6.44. The molecule has 0 saturated carbocycles. The summed E-state index contributed by atoms with van der Waals surface area (Å²) in [5, 5.41) is 0. The molecule has 5 heteroatoms. The number of nitrogens with zero attached hydrogens (tertiary/aromatic N) is 1. The van der Waals surface area contributed by atoms with Gasteiger partial charge in [-0.3, -0.25) is 4.79 Å². The Balaban J connectivity index is 0.00000144. The summed E-state index contributed by atoms with van der Waals surface area (Å²) >= 11 is 0. The van der Waals surface area contributed by atoms with E-state index in [2.05, 4.69) is 0 Å². The van der Waals surface area contributed by atoms with E-state index in [-0.39, 0.29) is 36.6 Å². The third-order valence-electron chi connectivity index (χ3n) is 2.82. The summed E-state index contributed by atoms with van der Waals surface area (Å²) in [4.78, 5) is 13.6. The number of carbonyl (C=O) groups excluding carboxylic acids is 1. The van der Waals surface area contributed by atoms with Crippen LogP contribution in [0.1, 0.15) is 12.0 Å². The molecule has 1 atom stereocenters. The third-order valence-corrected chi connectivity index (χ3v) is 2.82. The van der Waals surface area contributed by atoms with E-state index in [9.17, 15) is 9.18 Å². The molecule has 1 amide bonds. The molecule has 1 saturated heterocycles. The number of rotatable bonds is 2. The summed E-state index contributed by atoms with van der Waals surface area (Å²) in [6.07, 6.45) is 1.11. The number of hydrogen-bond donors (Lipinski definition) is 1. The van der Waals surface area contributed by atoms with E-state index in [1.54, 1.807) is 17.0 Å². The second-order valence-corrected chi connectivity index (χ2v) is 4.20. The van der Waals surface area contributed by atoms with Gasteiger partial charge in [-0.2, -0.15) is 0 Å².